The number of amides is 1. The second-order valence-corrected chi connectivity index (χ2v) is 5.23. The van der Waals surface area contributed by atoms with E-state index < -0.39 is 24.8 Å². The lowest BCUT2D eigenvalue weighted by atomic mass is 10.0. The maximum absolute atomic E-state index is 12.9. The largest absolute Gasteiger partial charge is 0.508 e. The quantitative estimate of drug-likeness (QED) is 0.889. The normalized spacial score (nSPS) is 17.6. The molecule has 120 valence electrons. The highest BCUT2D eigenvalue weighted by Crippen LogP contribution is 2.35. The third-order valence-electron chi connectivity index (χ3n) is 3.58. The molecule has 1 aliphatic heterocycles. The molecule has 2 N–H and O–H groups in total. The second kappa shape index (κ2) is 5.49. The highest BCUT2D eigenvalue weighted by atomic mass is 19.4. The van der Waals surface area contributed by atoms with Crippen LogP contribution in [0.15, 0.2) is 48.5 Å². The summed E-state index contributed by atoms with van der Waals surface area (Å²) in [5, 5.41) is 12.3. The number of anilines is 1. The van der Waals surface area contributed by atoms with Crippen molar-refractivity contribution in [3.63, 3.8) is 0 Å². The third kappa shape index (κ3) is 3.08. The Morgan fingerprint density at radius 1 is 1.09 bits per heavy atom. The molecule has 0 radical (unpaired) electrons. The number of nitrogens with one attached hydrogen (secondary N) is 1. The number of hydrogen-bond acceptors (Lipinski definition) is 3. The van der Waals surface area contributed by atoms with E-state index in [1.807, 2.05) is 0 Å². The van der Waals surface area contributed by atoms with Crippen LogP contribution in [0.4, 0.5) is 18.9 Å². The number of para-hydroxylation sites is 1. The number of halogens is 3. The van der Waals surface area contributed by atoms with Gasteiger partial charge in [-0.15, -0.1) is 0 Å². The fraction of sp³-hybridized carbons (Fsp3) is 0.188. The van der Waals surface area contributed by atoms with Crippen LogP contribution >= 0.6 is 0 Å². The Morgan fingerprint density at radius 3 is 2.39 bits per heavy atom. The van der Waals surface area contributed by atoms with Crippen LogP contribution in [0.1, 0.15) is 22.1 Å². The molecule has 1 aliphatic rings. The SMILES string of the molecule is O=C1c2ccccc2N[C@H](c2ccc(O)cc2)N1CC(F)(F)F. The molecule has 0 unspecified atom stereocenters. The van der Waals surface area contributed by atoms with Crippen LogP contribution in [-0.2, 0) is 0 Å². The van der Waals surface area contributed by atoms with Crippen molar-refractivity contribution in [2.45, 2.75) is 12.3 Å². The molecule has 4 nitrogen and oxygen atoms in total. The highest BCUT2D eigenvalue weighted by molar-refractivity contribution is 6.01. The Morgan fingerprint density at radius 2 is 1.74 bits per heavy atom. The third-order valence-corrected chi connectivity index (χ3v) is 3.58. The lowest BCUT2D eigenvalue weighted by Gasteiger charge is -2.38. The summed E-state index contributed by atoms with van der Waals surface area (Å²) in [6.45, 7) is -1.36. The number of phenolic OH excluding ortho intramolecular Hbond substituents is 1. The number of carbonyl (C=O) groups is 1. The van der Waals surface area contributed by atoms with Crippen molar-refractivity contribution in [1.29, 1.82) is 0 Å². The van der Waals surface area contributed by atoms with Crippen molar-refractivity contribution in [1.82, 2.24) is 4.90 Å². The van der Waals surface area contributed by atoms with Gasteiger partial charge in [0.05, 0.1) is 5.56 Å². The summed E-state index contributed by atoms with van der Waals surface area (Å²) in [6.07, 6.45) is -5.47. The smallest absolute Gasteiger partial charge is 0.406 e. The average molecular weight is 322 g/mol. The fourth-order valence-corrected chi connectivity index (χ4v) is 2.57. The summed E-state index contributed by atoms with van der Waals surface area (Å²) in [6, 6.07) is 12.1. The Kier molecular flexibility index (Phi) is 3.63. The van der Waals surface area contributed by atoms with E-state index in [1.165, 1.54) is 30.3 Å². The first-order chi connectivity index (χ1) is 10.8. The fourth-order valence-electron chi connectivity index (χ4n) is 2.57. The monoisotopic (exact) mass is 322 g/mol. The van der Waals surface area contributed by atoms with E-state index in [1.54, 1.807) is 18.2 Å². The summed E-state index contributed by atoms with van der Waals surface area (Å²) in [5.41, 5.74) is 1.13. The number of fused-ring (bicyclic) bond motifs is 1. The van der Waals surface area contributed by atoms with Crippen LogP contribution < -0.4 is 5.32 Å². The maximum Gasteiger partial charge on any atom is 0.406 e. The molecule has 0 aliphatic carbocycles. The van der Waals surface area contributed by atoms with Gasteiger partial charge in [0.1, 0.15) is 18.5 Å². The summed E-state index contributed by atoms with van der Waals surface area (Å²) >= 11 is 0. The number of hydrogen-bond donors (Lipinski definition) is 2. The van der Waals surface area contributed by atoms with Crippen molar-refractivity contribution in [2.75, 3.05) is 11.9 Å². The van der Waals surface area contributed by atoms with Crippen LogP contribution in [0.2, 0.25) is 0 Å². The van der Waals surface area contributed by atoms with Gasteiger partial charge in [-0.2, -0.15) is 13.2 Å². The molecular formula is C16H13F3N2O2. The summed E-state index contributed by atoms with van der Waals surface area (Å²) < 4.78 is 38.6. The first-order valence-electron chi connectivity index (χ1n) is 6.87. The molecule has 1 heterocycles. The van der Waals surface area contributed by atoms with Crippen molar-refractivity contribution < 1.29 is 23.1 Å². The molecule has 1 amide bonds. The topological polar surface area (TPSA) is 52.6 Å². The highest BCUT2D eigenvalue weighted by Gasteiger charge is 2.40. The Bertz CT molecular complexity index is 729. The molecule has 1 atom stereocenters. The van der Waals surface area contributed by atoms with Gasteiger partial charge in [0.2, 0.25) is 0 Å². The van der Waals surface area contributed by atoms with Crippen LogP contribution in [-0.4, -0.2) is 28.6 Å². The predicted octanol–water partition coefficient (Wildman–Crippen LogP) is 3.52. The zero-order valence-corrected chi connectivity index (χ0v) is 11.8. The molecule has 7 heteroatoms. The molecular weight excluding hydrogens is 309 g/mol. The second-order valence-electron chi connectivity index (χ2n) is 5.23. The van der Waals surface area contributed by atoms with Crippen LogP contribution in [0.3, 0.4) is 0 Å². The standard InChI is InChI=1S/C16H13F3N2O2/c17-16(18,19)9-21-14(10-5-7-11(22)8-6-10)20-13-4-2-1-3-12(13)15(21)23/h1-8,14,20,22H,9H2/t14-/m0/s1. The summed E-state index contributed by atoms with van der Waals surface area (Å²) in [7, 11) is 0. The Hall–Kier alpha value is -2.70. The van der Waals surface area contributed by atoms with Crippen LogP contribution in [0.25, 0.3) is 0 Å². The lowest BCUT2D eigenvalue weighted by Crippen LogP contribution is -2.47. The van der Waals surface area contributed by atoms with E-state index in [0.717, 1.165) is 4.90 Å². The van der Waals surface area contributed by atoms with Crippen molar-refractivity contribution in [3.05, 3.63) is 59.7 Å². The molecule has 3 rings (SSSR count). The van der Waals surface area contributed by atoms with Crippen LogP contribution in [0, 0.1) is 0 Å². The molecule has 23 heavy (non-hydrogen) atoms. The van der Waals surface area contributed by atoms with E-state index in [-0.39, 0.29) is 11.3 Å². The van der Waals surface area contributed by atoms with Crippen molar-refractivity contribution >= 4 is 11.6 Å². The molecule has 0 bridgehead atoms. The molecule has 2 aromatic carbocycles. The lowest BCUT2D eigenvalue weighted by molar-refractivity contribution is -0.144. The number of alkyl halides is 3. The first-order valence-corrected chi connectivity index (χ1v) is 6.87. The van der Waals surface area contributed by atoms with Gasteiger partial charge in [0, 0.05) is 5.69 Å². The minimum atomic E-state index is -4.52. The summed E-state index contributed by atoms with van der Waals surface area (Å²) in [4.78, 5) is 13.2. The average Bonchev–Trinajstić information content (AvgIpc) is 2.50. The minimum absolute atomic E-state index is 0.00124. The zero-order valence-electron chi connectivity index (χ0n) is 11.8. The van der Waals surface area contributed by atoms with E-state index >= 15 is 0 Å². The van der Waals surface area contributed by atoms with Gasteiger partial charge in [-0.1, -0.05) is 24.3 Å². The van der Waals surface area contributed by atoms with Crippen LogP contribution in [0.5, 0.6) is 5.75 Å². The maximum atomic E-state index is 12.9. The summed E-state index contributed by atoms with van der Waals surface area (Å²) in [5.74, 6) is -0.687. The number of rotatable bonds is 2. The molecule has 0 saturated heterocycles. The minimum Gasteiger partial charge on any atom is -0.508 e. The van der Waals surface area contributed by atoms with E-state index in [0.29, 0.717) is 11.3 Å². The number of aromatic hydroxyl groups is 1. The molecule has 0 spiro atoms. The van der Waals surface area contributed by atoms with Crippen molar-refractivity contribution in [3.8, 4) is 5.75 Å². The van der Waals surface area contributed by atoms with E-state index in [2.05, 4.69) is 5.32 Å². The van der Waals surface area contributed by atoms with Gasteiger partial charge in [0.15, 0.2) is 0 Å². The van der Waals surface area contributed by atoms with Crippen molar-refractivity contribution in [2.24, 2.45) is 0 Å². The van der Waals surface area contributed by atoms with Gasteiger partial charge in [-0.05, 0) is 29.8 Å². The zero-order chi connectivity index (χ0) is 16.6. The number of phenols is 1. The molecule has 0 saturated carbocycles. The number of benzene rings is 2. The Labute approximate surface area is 130 Å². The van der Waals surface area contributed by atoms with E-state index in [9.17, 15) is 23.1 Å². The number of nitrogens with zero attached hydrogens (tertiary/aromatic N) is 1. The van der Waals surface area contributed by atoms with Gasteiger partial charge >= 0.3 is 6.18 Å². The van der Waals surface area contributed by atoms with E-state index in [4.69, 9.17) is 0 Å². The predicted molar refractivity (Wildman–Crippen MR) is 78.0 cm³/mol. The van der Waals surface area contributed by atoms with Gasteiger partial charge in [-0.25, -0.2) is 0 Å². The number of carbonyl (C=O) groups excluding carboxylic acids is 1. The Balaban J connectivity index is 2.04. The molecule has 0 aromatic heterocycles. The van der Waals surface area contributed by atoms with Gasteiger partial charge in [-0.3, -0.25) is 4.79 Å². The first kappa shape index (κ1) is 15.2. The molecule has 0 fully saturated rings. The van der Waals surface area contributed by atoms with Gasteiger partial charge < -0.3 is 15.3 Å². The molecule has 2 aromatic rings. The van der Waals surface area contributed by atoms with Gasteiger partial charge in [0.25, 0.3) is 5.91 Å².